The number of H-pyrrole nitrogens is 1. The van der Waals surface area contributed by atoms with Gasteiger partial charge in [-0.05, 0) is 45.1 Å². The average molecular weight is 404 g/mol. The molecule has 2 aliphatic rings. The zero-order valence-corrected chi connectivity index (χ0v) is 17.5. The van der Waals surface area contributed by atoms with E-state index in [0.717, 1.165) is 38.5 Å². The molecule has 7 heteroatoms. The molecule has 1 aromatic heterocycles. The highest BCUT2D eigenvalue weighted by molar-refractivity contribution is 5.99. The summed E-state index contributed by atoms with van der Waals surface area (Å²) in [5.74, 6) is -0.373. The number of aromatic amines is 1. The van der Waals surface area contributed by atoms with E-state index in [-0.39, 0.29) is 29.5 Å². The van der Waals surface area contributed by atoms with Crippen LogP contribution in [0.3, 0.4) is 0 Å². The standard InChI is InChI=1S/C22H33N3O4/c1-3-22(2,21(28)24-17-8-5-4-6-9-17)25(15-18-10-7-13-29-18)20(27)16-11-12-19(26)23-14-16/h11-12,14,17-18H,3-10,13,15H2,1-2H3,(H,23,26)(H,24,28)/t18-,22-/m0/s1. The fraction of sp³-hybridized carbons (Fsp3) is 0.682. The van der Waals surface area contributed by atoms with E-state index in [4.69, 9.17) is 4.74 Å². The third kappa shape index (κ3) is 5.07. The molecule has 2 N–H and O–H groups in total. The molecule has 2 heterocycles. The van der Waals surface area contributed by atoms with Crippen LogP contribution in [-0.4, -0.2) is 52.5 Å². The van der Waals surface area contributed by atoms with Crippen LogP contribution in [0.1, 0.15) is 75.6 Å². The smallest absolute Gasteiger partial charge is 0.256 e. The zero-order chi connectivity index (χ0) is 20.9. The molecule has 1 saturated heterocycles. The van der Waals surface area contributed by atoms with Crippen LogP contribution in [0.25, 0.3) is 0 Å². The summed E-state index contributed by atoms with van der Waals surface area (Å²) in [6, 6.07) is 3.02. The Hall–Kier alpha value is -2.15. The van der Waals surface area contributed by atoms with Gasteiger partial charge in [-0.25, -0.2) is 0 Å². The molecular formula is C22H33N3O4. The van der Waals surface area contributed by atoms with Crippen LogP contribution >= 0.6 is 0 Å². The van der Waals surface area contributed by atoms with Crippen LogP contribution < -0.4 is 10.9 Å². The third-order valence-electron chi connectivity index (χ3n) is 6.40. The van der Waals surface area contributed by atoms with Crippen molar-refractivity contribution in [2.45, 2.75) is 82.9 Å². The van der Waals surface area contributed by atoms with Gasteiger partial charge in [0.25, 0.3) is 5.91 Å². The van der Waals surface area contributed by atoms with E-state index >= 15 is 0 Å². The van der Waals surface area contributed by atoms with E-state index in [1.807, 2.05) is 13.8 Å². The van der Waals surface area contributed by atoms with Crippen molar-refractivity contribution in [2.75, 3.05) is 13.2 Å². The second-order valence-electron chi connectivity index (χ2n) is 8.43. The number of ether oxygens (including phenoxy) is 1. The molecule has 2 amide bonds. The van der Waals surface area contributed by atoms with Gasteiger partial charge in [-0.1, -0.05) is 26.2 Å². The van der Waals surface area contributed by atoms with Gasteiger partial charge in [0, 0.05) is 31.5 Å². The lowest BCUT2D eigenvalue weighted by Crippen LogP contribution is -2.61. The second kappa shape index (κ2) is 9.57. The van der Waals surface area contributed by atoms with Crippen molar-refractivity contribution < 1.29 is 14.3 Å². The first-order valence-electron chi connectivity index (χ1n) is 10.9. The third-order valence-corrected chi connectivity index (χ3v) is 6.40. The summed E-state index contributed by atoms with van der Waals surface area (Å²) in [4.78, 5) is 42.4. The van der Waals surface area contributed by atoms with Crippen LogP contribution in [-0.2, 0) is 9.53 Å². The minimum absolute atomic E-state index is 0.0740. The quantitative estimate of drug-likeness (QED) is 0.732. The Balaban J connectivity index is 1.85. The van der Waals surface area contributed by atoms with Crippen molar-refractivity contribution in [3.63, 3.8) is 0 Å². The van der Waals surface area contributed by atoms with E-state index in [9.17, 15) is 14.4 Å². The Labute approximate surface area is 172 Å². The van der Waals surface area contributed by atoms with Crippen molar-refractivity contribution in [2.24, 2.45) is 0 Å². The highest BCUT2D eigenvalue weighted by Crippen LogP contribution is 2.27. The van der Waals surface area contributed by atoms with Crippen LogP contribution in [0.4, 0.5) is 0 Å². The van der Waals surface area contributed by atoms with Gasteiger partial charge in [0.1, 0.15) is 5.54 Å². The predicted molar refractivity (Wildman–Crippen MR) is 111 cm³/mol. The molecule has 1 aliphatic heterocycles. The topological polar surface area (TPSA) is 91.5 Å². The van der Waals surface area contributed by atoms with E-state index in [1.165, 1.54) is 24.8 Å². The number of hydrogen-bond acceptors (Lipinski definition) is 4. The molecule has 2 fully saturated rings. The highest BCUT2D eigenvalue weighted by atomic mass is 16.5. The first kappa shape index (κ1) is 21.6. The summed E-state index contributed by atoms with van der Waals surface area (Å²) in [5.41, 5.74) is -0.885. The fourth-order valence-electron chi connectivity index (χ4n) is 4.26. The molecule has 0 aromatic carbocycles. The van der Waals surface area contributed by atoms with Crippen molar-refractivity contribution >= 4 is 11.8 Å². The number of nitrogens with one attached hydrogen (secondary N) is 2. The molecule has 7 nitrogen and oxygen atoms in total. The van der Waals surface area contributed by atoms with Gasteiger partial charge in [0.15, 0.2) is 0 Å². The monoisotopic (exact) mass is 403 g/mol. The first-order valence-corrected chi connectivity index (χ1v) is 10.9. The fourth-order valence-corrected chi connectivity index (χ4v) is 4.26. The maximum absolute atomic E-state index is 13.4. The molecule has 0 bridgehead atoms. The molecule has 2 atom stereocenters. The number of rotatable bonds is 7. The van der Waals surface area contributed by atoms with Gasteiger partial charge in [0.05, 0.1) is 11.7 Å². The zero-order valence-electron chi connectivity index (χ0n) is 17.5. The van der Waals surface area contributed by atoms with Crippen LogP contribution in [0, 0.1) is 0 Å². The Morgan fingerprint density at radius 2 is 1.97 bits per heavy atom. The number of pyridine rings is 1. The van der Waals surface area contributed by atoms with Gasteiger partial charge < -0.3 is 19.9 Å². The van der Waals surface area contributed by atoms with Crippen molar-refractivity contribution in [1.82, 2.24) is 15.2 Å². The van der Waals surface area contributed by atoms with Crippen molar-refractivity contribution in [1.29, 1.82) is 0 Å². The molecule has 0 radical (unpaired) electrons. The Morgan fingerprint density at radius 3 is 2.55 bits per heavy atom. The summed E-state index contributed by atoms with van der Waals surface area (Å²) in [6.07, 6.45) is 9.13. The Bertz CT molecular complexity index is 745. The molecule has 0 unspecified atom stereocenters. The van der Waals surface area contributed by atoms with Crippen LogP contribution in [0.15, 0.2) is 23.1 Å². The number of nitrogens with zero attached hydrogens (tertiary/aromatic N) is 1. The summed E-state index contributed by atoms with van der Waals surface area (Å²) >= 11 is 0. The molecule has 29 heavy (non-hydrogen) atoms. The normalized spacial score (nSPS) is 22.1. The van der Waals surface area contributed by atoms with Crippen molar-refractivity contribution in [3.8, 4) is 0 Å². The predicted octanol–water partition coefficient (Wildman–Crippen LogP) is 2.61. The lowest BCUT2D eigenvalue weighted by molar-refractivity contribution is -0.133. The average Bonchev–Trinajstić information content (AvgIpc) is 3.25. The summed E-state index contributed by atoms with van der Waals surface area (Å²) in [7, 11) is 0. The minimum atomic E-state index is -0.989. The maximum atomic E-state index is 13.4. The molecule has 1 aromatic rings. The number of carbonyl (C=O) groups excluding carboxylic acids is 2. The summed E-state index contributed by atoms with van der Waals surface area (Å²) in [6.45, 7) is 4.82. The van der Waals surface area contributed by atoms with Gasteiger partial charge in [-0.15, -0.1) is 0 Å². The second-order valence-corrected chi connectivity index (χ2v) is 8.43. The molecule has 0 spiro atoms. The van der Waals surface area contributed by atoms with Crippen LogP contribution in [0.2, 0.25) is 0 Å². The van der Waals surface area contributed by atoms with E-state index in [0.29, 0.717) is 25.1 Å². The number of hydrogen-bond donors (Lipinski definition) is 2. The molecular weight excluding hydrogens is 370 g/mol. The number of amides is 2. The van der Waals surface area contributed by atoms with Crippen LogP contribution in [0.5, 0.6) is 0 Å². The van der Waals surface area contributed by atoms with Gasteiger partial charge >= 0.3 is 0 Å². The maximum Gasteiger partial charge on any atom is 0.256 e. The van der Waals surface area contributed by atoms with Gasteiger partial charge in [0.2, 0.25) is 11.5 Å². The summed E-state index contributed by atoms with van der Waals surface area (Å²) < 4.78 is 5.77. The summed E-state index contributed by atoms with van der Waals surface area (Å²) in [5, 5.41) is 3.20. The first-order chi connectivity index (χ1) is 13.9. The van der Waals surface area contributed by atoms with E-state index < -0.39 is 5.54 Å². The SMILES string of the molecule is CC[C@@](C)(C(=O)NC1CCCCC1)N(C[C@@H]1CCCO1)C(=O)c1ccc(=O)[nH]c1. The molecule has 1 aliphatic carbocycles. The largest absolute Gasteiger partial charge is 0.376 e. The Morgan fingerprint density at radius 1 is 1.21 bits per heavy atom. The van der Waals surface area contributed by atoms with E-state index in [1.54, 1.807) is 4.90 Å². The lowest BCUT2D eigenvalue weighted by Gasteiger charge is -2.41. The van der Waals surface area contributed by atoms with Gasteiger partial charge in [-0.3, -0.25) is 14.4 Å². The molecule has 3 rings (SSSR count). The van der Waals surface area contributed by atoms with E-state index in [2.05, 4.69) is 10.3 Å². The van der Waals surface area contributed by atoms with Gasteiger partial charge in [-0.2, -0.15) is 0 Å². The highest BCUT2D eigenvalue weighted by Gasteiger charge is 2.43. The Kier molecular flexibility index (Phi) is 7.11. The number of carbonyl (C=O) groups is 2. The minimum Gasteiger partial charge on any atom is -0.376 e. The van der Waals surface area contributed by atoms with Crippen molar-refractivity contribution in [3.05, 3.63) is 34.2 Å². The lowest BCUT2D eigenvalue weighted by atomic mass is 9.90. The molecule has 1 saturated carbocycles. The number of aromatic nitrogens is 1. The molecule has 160 valence electrons.